The van der Waals surface area contributed by atoms with Gasteiger partial charge in [-0.1, -0.05) is 30.3 Å². The van der Waals surface area contributed by atoms with Crippen molar-refractivity contribution < 1.29 is 0 Å². The highest BCUT2D eigenvalue weighted by atomic mass is 15.3. The molecule has 0 spiro atoms. The number of aryl methyl sites for hydroxylation is 2. The maximum atomic E-state index is 4.81. The van der Waals surface area contributed by atoms with Crippen molar-refractivity contribution in [3.05, 3.63) is 59.9 Å². The van der Waals surface area contributed by atoms with E-state index in [1.54, 1.807) is 0 Å². The van der Waals surface area contributed by atoms with Crippen LogP contribution in [0.25, 0.3) is 11.0 Å². The van der Waals surface area contributed by atoms with Gasteiger partial charge in [0.25, 0.3) is 0 Å². The van der Waals surface area contributed by atoms with Crippen LogP contribution in [0.1, 0.15) is 11.4 Å². The Morgan fingerprint density at radius 2 is 1.62 bits per heavy atom. The van der Waals surface area contributed by atoms with Crippen molar-refractivity contribution in [3.63, 3.8) is 0 Å². The van der Waals surface area contributed by atoms with Crippen LogP contribution < -0.4 is 4.90 Å². The predicted octanol–water partition coefficient (Wildman–Crippen LogP) is 3.20. The molecule has 0 saturated carbocycles. The molecule has 2 aromatic carbocycles. The van der Waals surface area contributed by atoms with Crippen LogP contribution in [0.3, 0.4) is 0 Å². The van der Waals surface area contributed by atoms with Crippen molar-refractivity contribution in [2.24, 2.45) is 7.05 Å². The summed E-state index contributed by atoms with van der Waals surface area (Å²) in [5.41, 5.74) is 5.04. The van der Waals surface area contributed by atoms with E-state index in [0.717, 1.165) is 44.1 Å². The minimum atomic E-state index is 0.923. The second kappa shape index (κ2) is 6.29. The smallest absolute Gasteiger partial charge is 0.123 e. The molecular formula is C20H24N4. The first kappa shape index (κ1) is 15.2. The van der Waals surface area contributed by atoms with Gasteiger partial charge in [-0.3, -0.25) is 4.90 Å². The maximum Gasteiger partial charge on any atom is 0.123 e. The SMILES string of the molecule is Cc1ccccc1N1CCN(Cc2nc3ccccc3n2C)CC1. The van der Waals surface area contributed by atoms with E-state index in [1.807, 2.05) is 0 Å². The molecule has 0 unspecified atom stereocenters. The molecule has 0 aliphatic carbocycles. The van der Waals surface area contributed by atoms with Crippen molar-refractivity contribution >= 4 is 16.7 Å². The van der Waals surface area contributed by atoms with Gasteiger partial charge in [0.15, 0.2) is 0 Å². The summed E-state index contributed by atoms with van der Waals surface area (Å²) in [4.78, 5) is 9.82. The summed E-state index contributed by atoms with van der Waals surface area (Å²) < 4.78 is 2.23. The van der Waals surface area contributed by atoms with Crippen LogP contribution in [0.2, 0.25) is 0 Å². The molecule has 24 heavy (non-hydrogen) atoms. The number of hydrogen-bond acceptors (Lipinski definition) is 3. The van der Waals surface area contributed by atoms with Crippen molar-refractivity contribution in [2.45, 2.75) is 13.5 Å². The third-order valence-corrected chi connectivity index (χ3v) is 5.07. The lowest BCUT2D eigenvalue weighted by atomic mass is 10.1. The molecule has 4 nitrogen and oxygen atoms in total. The zero-order valence-corrected chi connectivity index (χ0v) is 14.4. The number of anilines is 1. The highest BCUT2D eigenvalue weighted by Gasteiger charge is 2.20. The predicted molar refractivity (Wildman–Crippen MR) is 99.4 cm³/mol. The molecule has 1 aliphatic heterocycles. The lowest BCUT2D eigenvalue weighted by Crippen LogP contribution is -2.46. The molecule has 0 radical (unpaired) electrons. The molecular weight excluding hydrogens is 296 g/mol. The summed E-state index contributed by atoms with van der Waals surface area (Å²) in [7, 11) is 2.12. The number of piperazine rings is 1. The Bertz CT molecular complexity index is 844. The molecule has 0 bridgehead atoms. The number of aromatic nitrogens is 2. The van der Waals surface area contributed by atoms with Crippen LogP contribution in [0.15, 0.2) is 48.5 Å². The molecule has 1 aromatic heterocycles. The first-order chi connectivity index (χ1) is 11.7. The summed E-state index contributed by atoms with van der Waals surface area (Å²) in [6, 6.07) is 17.0. The summed E-state index contributed by atoms with van der Waals surface area (Å²) in [5.74, 6) is 1.15. The third kappa shape index (κ3) is 2.78. The maximum absolute atomic E-state index is 4.81. The summed E-state index contributed by atoms with van der Waals surface area (Å²) in [6.07, 6.45) is 0. The topological polar surface area (TPSA) is 24.3 Å². The van der Waals surface area contributed by atoms with Crippen LogP contribution in [0.4, 0.5) is 5.69 Å². The Morgan fingerprint density at radius 3 is 2.38 bits per heavy atom. The summed E-state index contributed by atoms with van der Waals surface area (Å²) >= 11 is 0. The number of imidazole rings is 1. The van der Waals surface area contributed by atoms with Crippen molar-refractivity contribution in [2.75, 3.05) is 31.1 Å². The number of hydrogen-bond donors (Lipinski definition) is 0. The summed E-state index contributed by atoms with van der Waals surface area (Å²) in [5, 5.41) is 0. The fourth-order valence-corrected chi connectivity index (χ4v) is 3.60. The molecule has 1 fully saturated rings. The van der Waals surface area contributed by atoms with Gasteiger partial charge in [0.05, 0.1) is 17.6 Å². The van der Waals surface area contributed by atoms with Crippen LogP contribution >= 0.6 is 0 Å². The van der Waals surface area contributed by atoms with Gasteiger partial charge in [0.2, 0.25) is 0 Å². The number of fused-ring (bicyclic) bond motifs is 1. The normalized spacial score (nSPS) is 16.0. The van der Waals surface area contributed by atoms with E-state index < -0.39 is 0 Å². The van der Waals surface area contributed by atoms with Gasteiger partial charge in [0, 0.05) is 38.9 Å². The number of rotatable bonds is 3. The van der Waals surface area contributed by atoms with Crippen LogP contribution in [0.5, 0.6) is 0 Å². The second-order valence-corrected chi connectivity index (χ2v) is 6.63. The monoisotopic (exact) mass is 320 g/mol. The quantitative estimate of drug-likeness (QED) is 0.741. The minimum absolute atomic E-state index is 0.923. The third-order valence-electron chi connectivity index (χ3n) is 5.07. The van der Waals surface area contributed by atoms with Gasteiger partial charge in [-0.2, -0.15) is 0 Å². The number of nitrogens with zero attached hydrogens (tertiary/aromatic N) is 4. The largest absolute Gasteiger partial charge is 0.369 e. The van der Waals surface area contributed by atoms with Gasteiger partial charge in [-0.15, -0.1) is 0 Å². The van der Waals surface area contributed by atoms with Crippen LogP contribution in [0, 0.1) is 6.92 Å². The Balaban J connectivity index is 1.44. The Kier molecular flexibility index (Phi) is 3.98. The van der Waals surface area contributed by atoms with Crippen LogP contribution in [-0.4, -0.2) is 40.6 Å². The molecule has 4 rings (SSSR count). The van der Waals surface area contributed by atoms with Gasteiger partial charge in [0.1, 0.15) is 5.82 Å². The average molecular weight is 320 g/mol. The molecule has 1 saturated heterocycles. The van der Waals surface area contributed by atoms with E-state index in [0.29, 0.717) is 0 Å². The zero-order valence-electron chi connectivity index (χ0n) is 14.4. The minimum Gasteiger partial charge on any atom is -0.369 e. The molecule has 124 valence electrons. The highest BCUT2D eigenvalue weighted by molar-refractivity contribution is 5.75. The molecule has 0 amide bonds. The van der Waals surface area contributed by atoms with Crippen molar-refractivity contribution in [3.8, 4) is 0 Å². The second-order valence-electron chi connectivity index (χ2n) is 6.63. The Labute approximate surface area is 143 Å². The lowest BCUT2D eigenvalue weighted by molar-refractivity contribution is 0.242. The lowest BCUT2D eigenvalue weighted by Gasteiger charge is -2.36. The first-order valence-electron chi connectivity index (χ1n) is 8.65. The fourth-order valence-electron chi connectivity index (χ4n) is 3.60. The standard InChI is InChI=1S/C20H24N4/c1-16-7-3-5-9-18(16)24-13-11-23(12-14-24)15-20-21-17-8-4-6-10-19(17)22(20)2/h3-10H,11-15H2,1-2H3. The first-order valence-corrected chi connectivity index (χ1v) is 8.65. The Hall–Kier alpha value is -2.33. The summed E-state index contributed by atoms with van der Waals surface area (Å²) in [6.45, 7) is 7.44. The molecule has 3 aromatic rings. The van der Waals surface area contributed by atoms with E-state index in [2.05, 4.69) is 76.9 Å². The van der Waals surface area contributed by atoms with E-state index in [-0.39, 0.29) is 0 Å². The van der Waals surface area contributed by atoms with Gasteiger partial charge < -0.3 is 9.47 Å². The van der Waals surface area contributed by atoms with Crippen molar-refractivity contribution in [1.82, 2.24) is 14.5 Å². The molecule has 0 N–H and O–H groups in total. The van der Waals surface area contributed by atoms with E-state index in [4.69, 9.17) is 4.98 Å². The molecule has 1 aliphatic rings. The van der Waals surface area contributed by atoms with Gasteiger partial charge in [-0.25, -0.2) is 4.98 Å². The zero-order chi connectivity index (χ0) is 16.5. The van der Waals surface area contributed by atoms with Gasteiger partial charge >= 0.3 is 0 Å². The van der Waals surface area contributed by atoms with E-state index in [9.17, 15) is 0 Å². The number of benzene rings is 2. The van der Waals surface area contributed by atoms with E-state index >= 15 is 0 Å². The number of para-hydroxylation sites is 3. The Morgan fingerprint density at radius 1 is 0.917 bits per heavy atom. The van der Waals surface area contributed by atoms with Crippen molar-refractivity contribution in [1.29, 1.82) is 0 Å². The molecule has 2 heterocycles. The van der Waals surface area contributed by atoms with E-state index in [1.165, 1.54) is 16.8 Å². The highest BCUT2D eigenvalue weighted by Crippen LogP contribution is 2.22. The molecule has 4 heteroatoms. The average Bonchev–Trinajstić information content (AvgIpc) is 2.93. The van der Waals surface area contributed by atoms with Crippen LogP contribution in [-0.2, 0) is 13.6 Å². The van der Waals surface area contributed by atoms with Gasteiger partial charge in [-0.05, 0) is 30.7 Å². The fraction of sp³-hybridized carbons (Fsp3) is 0.350. The molecule has 0 atom stereocenters.